The predicted octanol–water partition coefficient (Wildman–Crippen LogP) is 2.31. The second-order valence-electron chi connectivity index (χ2n) is 4.30. The molecule has 0 aliphatic carbocycles. The lowest BCUT2D eigenvalue weighted by Crippen LogP contribution is -2.03. The Labute approximate surface area is 111 Å². The molecule has 0 saturated heterocycles. The SMILES string of the molecule is CS(=O)(=O)c1cccc(C(O)c2cccc(F)c2)c1. The number of aliphatic hydroxyl groups excluding tert-OH is 1. The van der Waals surface area contributed by atoms with Gasteiger partial charge in [-0.05, 0) is 35.4 Å². The zero-order chi connectivity index (χ0) is 14.0. The van der Waals surface area contributed by atoms with E-state index in [1.54, 1.807) is 18.2 Å². The van der Waals surface area contributed by atoms with E-state index in [1.807, 2.05) is 0 Å². The van der Waals surface area contributed by atoms with E-state index in [9.17, 15) is 17.9 Å². The summed E-state index contributed by atoms with van der Waals surface area (Å²) in [5.41, 5.74) is 0.791. The molecule has 5 heteroatoms. The van der Waals surface area contributed by atoms with E-state index in [4.69, 9.17) is 0 Å². The van der Waals surface area contributed by atoms with Gasteiger partial charge in [0.1, 0.15) is 11.9 Å². The van der Waals surface area contributed by atoms with E-state index in [1.165, 1.54) is 30.3 Å². The van der Waals surface area contributed by atoms with E-state index in [-0.39, 0.29) is 4.90 Å². The Balaban J connectivity index is 2.42. The Morgan fingerprint density at radius 2 is 1.63 bits per heavy atom. The number of hydrogen-bond donors (Lipinski definition) is 1. The van der Waals surface area contributed by atoms with E-state index < -0.39 is 21.8 Å². The number of rotatable bonds is 3. The van der Waals surface area contributed by atoms with Gasteiger partial charge >= 0.3 is 0 Å². The fourth-order valence-corrected chi connectivity index (χ4v) is 2.46. The molecule has 0 saturated carbocycles. The average Bonchev–Trinajstić information content (AvgIpc) is 2.37. The van der Waals surface area contributed by atoms with Crippen molar-refractivity contribution in [2.75, 3.05) is 6.26 Å². The van der Waals surface area contributed by atoms with Gasteiger partial charge in [0, 0.05) is 6.26 Å². The number of aliphatic hydroxyl groups is 1. The fraction of sp³-hybridized carbons (Fsp3) is 0.143. The first-order valence-corrected chi connectivity index (χ1v) is 7.50. The molecule has 100 valence electrons. The Morgan fingerprint density at radius 3 is 2.21 bits per heavy atom. The van der Waals surface area contributed by atoms with E-state index in [2.05, 4.69) is 0 Å². The van der Waals surface area contributed by atoms with Crippen LogP contribution < -0.4 is 0 Å². The van der Waals surface area contributed by atoms with Gasteiger partial charge in [0.25, 0.3) is 0 Å². The summed E-state index contributed by atoms with van der Waals surface area (Å²) < 4.78 is 36.0. The van der Waals surface area contributed by atoms with Crippen LogP contribution in [0, 0.1) is 5.82 Å². The molecule has 3 nitrogen and oxygen atoms in total. The fourth-order valence-electron chi connectivity index (χ4n) is 1.78. The highest BCUT2D eigenvalue weighted by Crippen LogP contribution is 2.24. The smallest absolute Gasteiger partial charge is 0.175 e. The van der Waals surface area contributed by atoms with Gasteiger partial charge < -0.3 is 5.11 Å². The Hall–Kier alpha value is -1.72. The molecule has 0 heterocycles. The lowest BCUT2D eigenvalue weighted by atomic mass is 10.0. The quantitative estimate of drug-likeness (QED) is 0.938. The molecule has 0 spiro atoms. The minimum atomic E-state index is -3.33. The van der Waals surface area contributed by atoms with Gasteiger partial charge in [-0.15, -0.1) is 0 Å². The molecule has 1 atom stereocenters. The first-order valence-electron chi connectivity index (χ1n) is 5.61. The molecule has 19 heavy (non-hydrogen) atoms. The molecular formula is C14H13FO3S. The third-order valence-corrected chi connectivity index (χ3v) is 3.88. The molecular weight excluding hydrogens is 267 g/mol. The van der Waals surface area contributed by atoms with Crippen LogP contribution in [0.1, 0.15) is 17.2 Å². The zero-order valence-corrected chi connectivity index (χ0v) is 11.1. The summed E-state index contributed by atoms with van der Waals surface area (Å²) >= 11 is 0. The van der Waals surface area contributed by atoms with Gasteiger partial charge in [-0.2, -0.15) is 0 Å². The van der Waals surface area contributed by atoms with Crippen molar-refractivity contribution >= 4 is 9.84 Å². The zero-order valence-electron chi connectivity index (χ0n) is 10.2. The van der Waals surface area contributed by atoms with Crippen molar-refractivity contribution < 1.29 is 17.9 Å². The lowest BCUT2D eigenvalue weighted by molar-refractivity contribution is 0.219. The molecule has 1 unspecified atom stereocenters. The third-order valence-electron chi connectivity index (χ3n) is 2.77. The van der Waals surface area contributed by atoms with Gasteiger partial charge in [0.15, 0.2) is 9.84 Å². The monoisotopic (exact) mass is 280 g/mol. The van der Waals surface area contributed by atoms with Crippen molar-refractivity contribution in [1.82, 2.24) is 0 Å². The summed E-state index contributed by atoms with van der Waals surface area (Å²) in [6, 6.07) is 11.6. The van der Waals surface area contributed by atoms with Crippen molar-refractivity contribution in [3.63, 3.8) is 0 Å². The van der Waals surface area contributed by atoms with E-state index in [0.717, 1.165) is 6.26 Å². The maximum absolute atomic E-state index is 13.1. The summed E-state index contributed by atoms with van der Waals surface area (Å²) in [6.45, 7) is 0. The van der Waals surface area contributed by atoms with Crippen LogP contribution >= 0.6 is 0 Å². The van der Waals surface area contributed by atoms with Crippen LogP contribution in [-0.2, 0) is 9.84 Å². The second kappa shape index (κ2) is 5.11. The third kappa shape index (κ3) is 3.19. The maximum atomic E-state index is 13.1. The summed E-state index contributed by atoms with van der Waals surface area (Å²) in [4.78, 5) is 0.125. The van der Waals surface area contributed by atoms with Gasteiger partial charge in [0.2, 0.25) is 0 Å². The summed E-state index contributed by atoms with van der Waals surface area (Å²) in [5.74, 6) is -0.448. The van der Waals surface area contributed by atoms with Crippen LogP contribution in [0.3, 0.4) is 0 Å². The van der Waals surface area contributed by atoms with Crippen LogP contribution in [0.2, 0.25) is 0 Å². The molecule has 0 aliphatic heterocycles. The average molecular weight is 280 g/mol. The summed E-state index contributed by atoms with van der Waals surface area (Å²) in [5, 5.41) is 10.1. The highest BCUT2D eigenvalue weighted by molar-refractivity contribution is 7.90. The maximum Gasteiger partial charge on any atom is 0.175 e. The minimum absolute atomic E-state index is 0.125. The van der Waals surface area contributed by atoms with Crippen LogP contribution in [0.15, 0.2) is 53.4 Å². The van der Waals surface area contributed by atoms with Crippen LogP contribution in [0.25, 0.3) is 0 Å². The molecule has 0 aliphatic rings. The van der Waals surface area contributed by atoms with Gasteiger partial charge in [0.05, 0.1) is 4.90 Å². The highest BCUT2D eigenvalue weighted by Gasteiger charge is 2.14. The number of sulfone groups is 1. The number of benzene rings is 2. The summed E-state index contributed by atoms with van der Waals surface area (Å²) in [6.07, 6.45) is 0.0399. The van der Waals surface area contributed by atoms with Crippen LogP contribution in [-0.4, -0.2) is 19.8 Å². The topological polar surface area (TPSA) is 54.4 Å². The van der Waals surface area contributed by atoms with Gasteiger partial charge in [-0.1, -0.05) is 24.3 Å². The van der Waals surface area contributed by atoms with Gasteiger partial charge in [-0.25, -0.2) is 12.8 Å². The first-order chi connectivity index (χ1) is 8.88. The molecule has 2 aromatic carbocycles. The lowest BCUT2D eigenvalue weighted by Gasteiger charge is -2.12. The molecule has 0 aromatic heterocycles. The largest absolute Gasteiger partial charge is 0.384 e. The van der Waals surface area contributed by atoms with Crippen LogP contribution in [0.4, 0.5) is 4.39 Å². The van der Waals surface area contributed by atoms with Crippen molar-refractivity contribution in [1.29, 1.82) is 0 Å². The van der Waals surface area contributed by atoms with Crippen molar-refractivity contribution in [2.45, 2.75) is 11.0 Å². The van der Waals surface area contributed by atoms with E-state index >= 15 is 0 Å². The molecule has 2 rings (SSSR count). The molecule has 0 amide bonds. The van der Waals surface area contributed by atoms with Crippen molar-refractivity contribution in [3.8, 4) is 0 Å². The van der Waals surface area contributed by atoms with Gasteiger partial charge in [-0.3, -0.25) is 0 Å². The summed E-state index contributed by atoms with van der Waals surface area (Å²) in [7, 11) is -3.33. The Kier molecular flexibility index (Phi) is 3.68. The van der Waals surface area contributed by atoms with Crippen molar-refractivity contribution in [3.05, 3.63) is 65.5 Å². The minimum Gasteiger partial charge on any atom is -0.384 e. The highest BCUT2D eigenvalue weighted by atomic mass is 32.2. The standard InChI is InChI=1S/C14H13FO3S/c1-19(17,18)13-7-3-5-11(9-13)14(16)10-4-2-6-12(15)8-10/h2-9,14,16H,1H3. The van der Waals surface area contributed by atoms with E-state index in [0.29, 0.717) is 11.1 Å². The first kappa shape index (κ1) is 13.7. The number of halogens is 1. The molecule has 0 radical (unpaired) electrons. The molecule has 0 bridgehead atoms. The molecule has 0 fully saturated rings. The van der Waals surface area contributed by atoms with Crippen molar-refractivity contribution in [2.24, 2.45) is 0 Å². The Bertz CT molecular complexity index is 695. The van der Waals surface area contributed by atoms with Crippen LogP contribution in [0.5, 0.6) is 0 Å². The molecule has 2 aromatic rings. The normalized spacial score (nSPS) is 13.2. The molecule has 1 N–H and O–H groups in total. The number of hydrogen-bond acceptors (Lipinski definition) is 3. The second-order valence-corrected chi connectivity index (χ2v) is 6.32. The predicted molar refractivity (Wildman–Crippen MR) is 70.0 cm³/mol. The Morgan fingerprint density at radius 1 is 1.05 bits per heavy atom.